The molecule has 2 rings (SSSR count). The minimum atomic E-state index is -1.19. The van der Waals surface area contributed by atoms with Gasteiger partial charge in [0.1, 0.15) is 5.56 Å². The fourth-order valence-electron chi connectivity index (χ4n) is 1.73. The first-order valence-electron chi connectivity index (χ1n) is 5.67. The second-order valence-corrected chi connectivity index (χ2v) is 3.72. The highest BCUT2D eigenvalue weighted by Crippen LogP contribution is 2.19. The van der Waals surface area contributed by atoms with Gasteiger partial charge in [-0.2, -0.15) is 0 Å². The van der Waals surface area contributed by atoms with Gasteiger partial charge in [0.15, 0.2) is 0 Å². The van der Waals surface area contributed by atoms with E-state index in [4.69, 9.17) is 9.52 Å². The minimum absolute atomic E-state index is 0.141. The zero-order chi connectivity index (χ0) is 13.8. The van der Waals surface area contributed by atoms with Crippen molar-refractivity contribution in [1.82, 2.24) is 4.98 Å². The lowest BCUT2D eigenvalue weighted by atomic mass is 10.2. The van der Waals surface area contributed by atoms with Gasteiger partial charge in [0, 0.05) is 24.6 Å². The lowest BCUT2D eigenvalue weighted by Gasteiger charge is -2.19. The molecule has 0 bridgehead atoms. The summed E-state index contributed by atoms with van der Waals surface area (Å²) in [6, 6.07) is 4.60. The molecule has 6 nitrogen and oxygen atoms in total. The number of hydrogen-bond acceptors (Lipinski definition) is 4. The van der Waals surface area contributed by atoms with Crippen LogP contribution in [0.1, 0.15) is 27.8 Å². The van der Waals surface area contributed by atoms with Gasteiger partial charge in [-0.15, -0.1) is 0 Å². The number of rotatable bonds is 4. The van der Waals surface area contributed by atoms with Crippen LogP contribution in [0.3, 0.4) is 0 Å². The molecule has 0 saturated heterocycles. The summed E-state index contributed by atoms with van der Waals surface area (Å²) >= 11 is 0. The lowest BCUT2D eigenvalue weighted by Crippen LogP contribution is -2.31. The molecule has 0 aliphatic heterocycles. The Morgan fingerprint density at radius 3 is 2.58 bits per heavy atom. The highest BCUT2D eigenvalue weighted by Gasteiger charge is 2.25. The number of aromatic carboxylic acids is 1. The van der Waals surface area contributed by atoms with Crippen molar-refractivity contribution in [2.45, 2.75) is 6.92 Å². The Labute approximate surface area is 109 Å². The third-order valence-corrected chi connectivity index (χ3v) is 2.63. The van der Waals surface area contributed by atoms with Gasteiger partial charge in [-0.3, -0.25) is 9.78 Å². The second-order valence-electron chi connectivity index (χ2n) is 3.72. The minimum Gasteiger partial charge on any atom is -0.478 e. The molecule has 2 aromatic heterocycles. The van der Waals surface area contributed by atoms with Crippen molar-refractivity contribution in [2.75, 3.05) is 11.4 Å². The zero-order valence-electron chi connectivity index (χ0n) is 10.2. The first-order valence-corrected chi connectivity index (χ1v) is 5.67. The van der Waals surface area contributed by atoms with E-state index in [1.165, 1.54) is 17.2 Å². The Bertz CT molecular complexity index is 592. The molecule has 0 spiro atoms. The Kier molecular flexibility index (Phi) is 3.61. The van der Waals surface area contributed by atoms with E-state index in [2.05, 4.69) is 4.98 Å². The molecule has 0 aliphatic carbocycles. The van der Waals surface area contributed by atoms with Crippen LogP contribution in [0.25, 0.3) is 0 Å². The van der Waals surface area contributed by atoms with Gasteiger partial charge in [-0.1, -0.05) is 0 Å². The quantitative estimate of drug-likeness (QED) is 0.909. The largest absolute Gasteiger partial charge is 0.478 e. The van der Waals surface area contributed by atoms with Crippen molar-refractivity contribution in [1.29, 1.82) is 0 Å². The van der Waals surface area contributed by atoms with Gasteiger partial charge < -0.3 is 14.4 Å². The summed E-state index contributed by atoms with van der Waals surface area (Å²) in [4.78, 5) is 28.6. The number of furan rings is 1. The van der Waals surface area contributed by atoms with E-state index < -0.39 is 11.9 Å². The van der Waals surface area contributed by atoms with Crippen LogP contribution in [-0.2, 0) is 0 Å². The van der Waals surface area contributed by atoms with Gasteiger partial charge in [-0.25, -0.2) is 4.79 Å². The average molecular weight is 260 g/mol. The van der Waals surface area contributed by atoms with E-state index in [1.54, 1.807) is 31.5 Å². The van der Waals surface area contributed by atoms with Crippen molar-refractivity contribution < 1.29 is 19.1 Å². The molecular formula is C13H12N2O4. The number of aromatic nitrogens is 1. The third kappa shape index (κ3) is 2.47. The molecule has 6 heteroatoms. The molecule has 2 heterocycles. The van der Waals surface area contributed by atoms with Crippen LogP contribution in [0, 0.1) is 0 Å². The topological polar surface area (TPSA) is 83.6 Å². The van der Waals surface area contributed by atoms with Crippen molar-refractivity contribution in [2.24, 2.45) is 0 Å². The van der Waals surface area contributed by atoms with E-state index in [-0.39, 0.29) is 11.3 Å². The van der Waals surface area contributed by atoms with Crippen molar-refractivity contribution >= 4 is 17.6 Å². The molecule has 2 aromatic rings. The van der Waals surface area contributed by atoms with Crippen LogP contribution in [0.4, 0.5) is 5.69 Å². The first-order chi connectivity index (χ1) is 9.15. The number of nitrogens with zero attached hydrogens (tertiary/aromatic N) is 2. The van der Waals surface area contributed by atoms with E-state index >= 15 is 0 Å². The average Bonchev–Trinajstić information content (AvgIpc) is 2.90. The van der Waals surface area contributed by atoms with Crippen LogP contribution in [0.15, 0.2) is 41.3 Å². The van der Waals surface area contributed by atoms with Gasteiger partial charge in [-0.05, 0) is 25.1 Å². The maximum atomic E-state index is 12.3. The Morgan fingerprint density at radius 1 is 1.32 bits per heavy atom. The van der Waals surface area contributed by atoms with Gasteiger partial charge >= 0.3 is 5.97 Å². The van der Waals surface area contributed by atoms with Crippen LogP contribution in [0.5, 0.6) is 0 Å². The van der Waals surface area contributed by atoms with Crippen LogP contribution >= 0.6 is 0 Å². The molecule has 0 saturated carbocycles. The van der Waals surface area contributed by atoms with E-state index in [0.717, 1.165) is 0 Å². The van der Waals surface area contributed by atoms with Gasteiger partial charge in [0.2, 0.25) is 5.76 Å². The third-order valence-electron chi connectivity index (χ3n) is 2.63. The predicted molar refractivity (Wildman–Crippen MR) is 67.3 cm³/mol. The molecule has 0 radical (unpaired) electrons. The Morgan fingerprint density at radius 2 is 2.00 bits per heavy atom. The van der Waals surface area contributed by atoms with E-state index in [9.17, 15) is 9.59 Å². The SMILES string of the molecule is CCN(C(=O)c1occc1C(=O)O)c1ccncc1. The molecule has 0 atom stereocenters. The van der Waals surface area contributed by atoms with E-state index in [0.29, 0.717) is 12.2 Å². The first kappa shape index (κ1) is 12.8. The summed E-state index contributed by atoms with van der Waals surface area (Å²) in [5, 5.41) is 8.99. The Balaban J connectivity index is 2.37. The number of carbonyl (C=O) groups excluding carboxylic acids is 1. The van der Waals surface area contributed by atoms with Crippen molar-refractivity contribution in [3.63, 3.8) is 0 Å². The standard InChI is InChI=1S/C13H12N2O4/c1-2-15(9-3-6-14-7-4-9)12(16)11-10(13(17)18)5-8-19-11/h3-8H,2H2,1H3,(H,17,18). The smallest absolute Gasteiger partial charge is 0.339 e. The lowest BCUT2D eigenvalue weighted by molar-refractivity contribution is 0.0689. The normalized spacial score (nSPS) is 10.2. The maximum Gasteiger partial charge on any atom is 0.339 e. The van der Waals surface area contributed by atoms with Gasteiger partial charge in [0.25, 0.3) is 5.91 Å². The number of amides is 1. The van der Waals surface area contributed by atoms with Gasteiger partial charge in [0.05, 0.1) is 6.26 Å². The molecule has 0 aromatic carbocycles. The van der Waals surface area contributed by atoms with Crippen LogP contribution < -0.4 is 4.90 Å². The van der Waals surface area contributed by atoms with Crippen LogP contribution in [-0.4, -0.2) is 28.5 Å². The number of carbonyl (C=O) groups is 2. The molecule has 0 aliphatic rings. The van der Waals surface area contributed by atoms with Crippen molar-refractivity contribution in [3.8, 4) is 0 Å². The monoisotopic (exact) mass is 260 g/mol. The summed E-state index contributed by atoms with van der Waals surface area (Å²) in [7, 11) is 0. The maximum absolute atomic E-state index is 12.3. The molecule has 0 unspecified atom stereocenters. The van der Waals surface area contributed by atoms with E-state index in [1.807, 2.05) is 0 Å². The summed E-state index contributed by atoms with van der Waals surface area (Å²) < 4.78 is 5.00. The fraction of sp³-hybridized carbons (Fsp3) is 0.154. The molecule has 98 valence electrons. The van der Waals surface area contributed by atoms with Crippen LogP contribution in [0.2, 0.25) is 0 Å². The molecule has 1 amide bonds. The predicted octanol–water partition coefficient (Wildman–Crippen LogP) is 2.04. The summed E-state index contributed by atoms with van der Waals surface area (Å²) in [5.41, 5.74) is 0.493. The number of carboxylic acid groups (broad SMARTS) is 1. The number of pyridine rings is 1. The molecular weight excluding hydrogens is 248 g/mol. The number of hydrogen-bond donors (Lipinski definition) is 1. The second kappa shape index (κ2) is 5.34. The summed E-state index contributed by atoms with van der Waals surface area (Å²) in [6.45, 7) is 2.18. The highest BCUT2D eigenvalue weighted by atomic mass is 16.4. The highest BCUT2D eigenvalue weighted by molar-refractivity contribution is 6.10. The Hall–Kier alpha value is -2.63. The summed E-state index contributed by atoms with van der Waals surface area (Å²) in [5.74, 6) is -1.86. The zero-order valence-corrected chi connectivity index (χ0v) is 10.2. The molecule has 19 heavy (non-hydrogen) atoms. The fourth-order valence-corrected chi connectivity index (χ4v) is 1.73. The van der Waals surface area contributed by atoms with Crippen molar-refractivity contribution in [3.05, 3.63) is 48.2 Å². The number of carboxylic acids is 1. The number of anilines is 1. The molecule has 0 fully saturated rings. The molecule has 1 N–H and O–H groups in total. The summed E-state index contributed by atoms with van der Waals surface area (Å²) in [6.07, 6.45) is 4.31.